The summed E-state index contributed by atoms with van der Waals surface area (Å²) >= 11 is 0. The van der Waals surface area contributed by atoms with Crippen LogP contribution in [-0.2, 0) is 23.9 Å². The molecule has 2 bridgehead atoms. The minimum absolute atomic E-state index is 0.0729. The second-order valence-electron chi connectivity index (χ2n) is 11.0. The zero-order valence-corrected chi connectivity index (χ0v) is 22.9. The van der Waals surface area contributed by atoms with E-state index in [9.17, 15) is 19.5 Å². The van der Waals surface area contributed by atoms with E-state index in [4.69, 9.17) is 9.47 Å². The lowest BCUT2D eigenvalue weighted by Crippen LogP contribution is -2.60. The van der Waals surface area contributed by atoms with E-state index in [-0.39, 0.29) is 37.5 Å². The van der Waals surface area contributed by atoms with Gasteiger partial charge in [-0.15, -0.1) is 6.58 Å². The van der Waals surface area contributed by atoms with Crippen LogP contribution in [0.3, 0.4) is 0 Å². The molecule has 3 fully saturated rings. The molecular formula is C31H38N2O6. The Balaban J connectivity index is 1.62. The van der Waals surface area contributed by atoms with Gasteiger partial charge in [0.25, 0.3) is 5.91 Å². The maximum absolute atomic E-state index is 14.7. The predicted molar refractivity (Wildman–Crippen MR) is 148 cm³/mol. The third-order valence-electron chi connectivity index (χ3n) is 9.00. The lowest BCUT2D eigenvalue weighted by molar-refractivity contribution is -0.155. The van der Waals surface area contributed by atoms with Crippen LogP contribution in [0, 0.1) is 17.8 Å². The van der Waals surface area contributed by atoms with Gasteiger partial charge in [0.1, 0.15) is 11.6 Å². The standard InChI is InChI=1S/C31H38N2O6/c1-5-16-32(22-13-12-20-10-8-9-11-21(20)17-22)29(36)27-31-15-14-24(39-31)25(30(37)38-7-3)26(31)28(35)33(27)23(18-34)19(4)6-2/h5,8-13,17,19,23-27,34H,1,6-7,14-16,18H2,2-4H3/t19-,23-,24-,25+,26+,27-,31+/m0/s1. The van der Waals surface area contributed by atoms with Gasteiger partial charge in [-0.2, -0.15) is 0 Å². The molecule has 8 heteroatoms. The van der Waals surface area contributed by atoms with E-state index in [2.05, 4.69) is 6.58 Å². The highest BCUT2D eigenvalue weighted by Crippen LogP contribution is 2.59. The van der Waals surface area contributed by atoms with Gasteiger partial charge in [-0.25, -0.2) is 0 Å². The van der Waals surface area contributed by atoms with E-state index < -0.39 is 41.6 Å². The van der Waals surface area contributed by atoms with Crippen LogP contribution in [0.15, 0.2) is 55.1 Å². The molecule has 5 rings (SSSR count). The first-order valence-electron chi connectivity index (χ1n) is 14.0. The van der Waals surface area contributed by atoms with Crippen molar-refractivity contribution in [2.24, 2.45) is 17.8 Å². The van der Waals surface area contributed by atoms with Gasteiger partial charge in [-0.3, -0.25) is 14.4 Å². The molecule has 0 saturated carbocycles. The molecule has 208 valence electrons. The summed E-state index contributed by atoms with van der Waals surface area (Å²) in [6.45, 7) is 9.71. The first-order valence-corrected chi connectivity index (χ1v) is 14.0. The summed E-state index contributed by atoms with van der Waals surface area (Å²) in [6.07, 6.45) is 2.94. The number of amides is 2. The number of esters is 1. The number of aliphatic hydroxyl groups excluding tert-OH is 1. The van der Waals surface area contributed by atoms with Crippen LogP contribution >= 0.6 is 0 Å². The minimum Gasteiger partial charge on any atom is -0.466 e. The first-order chi connectivity index (χ1) is 18.8. The third kappa shape index (κ3) is 4.25. The van der Waals surface area contributed by atoms with Crippen LogP contribution in [0.2, 0.25) is 0 Å². The van der Waals surface area contributed by atoms with Gasteiger partial charge in [-0.1, -0.05) is 56.7 Å². The second-order valence-corrected chi connectivity index (χ2v) is 11.0. The number of rotatable bonds is 10. The third-order valence-corrected chi connectivity index (χ3v) is 9.00. The number of carbonyl (C=O) groups is 3. The van der Waals surface area contributed by atoms with Gasteiger partial charge in [0, 0.05) is 12.2 Å². The van der Waals surface area contributed by atoms with Gasteiger partial charge in [-0.05, 0) is 48.6 Å². The molecule has 0 aromatic heterocycles. The molecule has 7 atom stereocenters. The van der Waals surface area contributed by atoms with Crippen molar-refractivity contribution in [2.45, 2.75) is 63.8 Å². The Bertz CT molecular complexity index is 1280. The average Bonchev–Trinajstić information content (AvgIpc) is 3.59. The fourth-order valence-electron chi connectivity index (χ4n) is 6.99. The molecule has 2 aromatic carbocycles. The number of carbonyl (C=O) groups excluding carboxylic acids is 3. The number of likely N-dealkylation sites (tertiary alicyclic amines) is 1. The second kappa shape index (κ2) is 10.7. The summed E-state index contributed by atoms with van der Waals surface area (Å²) in [5, 5.41) is 12.5. The number of benzene rings is 2. The van der Waals surface area contributed by atoms with Crippen molar-refractivity contribution in [3.63, 3.8) is 0 Å². The summed E-state index contributed by atoms with van der Waals surface area (Å²) < 4.78 is 11.9. The van der Waals surface area contributed by atoms with E-state index in [1.165, 1.54) is 0 Å². The molecule has 39 heavy (non-hydrogen) atoms. The number of hydrogen-bond acceptors (Lipinski definition) is 6. The highest BCUT2D eigenvalue weighted by atomic mass is 16.6. The van der Waals surface area contributed by atoms with Crippen molar-refractivity contribution < 1.29 is 29.0 Å². The number of aliphatic hydroxyl groups is 1. The number of fused-ring (bicyclic) bond motifs is 2. The highest BCUT2D eigenvalue weighted by Gasteiger charge is 2.75. The van der Waals surface area contributed by atoms with Crippen molar-refractivity contribution in [3.8, 4) is 0 Å². The zero-order valence-electron chi connectivity index (χ0n) is 22.9. The molecule has 1 N–H and O–H groups in total. The topological polar surface area (TPSA) is 96.4 Å². The molecule has 3 saturated heterocycles. The lowest BCUT2D eigenvalue weighted by Gasteiger charge is -2.41. The summed E-state index contributed by atoms with van der Waals surface area (Å²) in [4.78, 5) is 45.2. The maximum Gasteiger partial charge on any atom is 0.312 e. The van der Waals surface area contributed by atoms with Crippen molar-refractivity contribution in [3.05, 3.63) is 55.1 Å². The Morgan fingerprint density at radius 2 is 2.00 bits per heavy atom. The van der Waals surface area contributed by atoms with Gasteiger partial charge < -0.3 is 24.4 Å². The summed E-state index contributed by atoms with van der Waals surface area (Å²) in [5.41, 5.74) is -0.475. The Morgan fingerprint density at radius 1 is 1.26 bits per heavy atom. The maximum atomic E-state index is 14.7. The van der Waals surface area contributed by atoms with Crippen LogP contribution in [-0.4, -0.2) is 71.3 Å². The monoisotopic (exact) mass is 534 g/mol. The van der Waals surface area contributed by atoms with E-state index in [1.54, 1.807) is 22.8 Å². The molecule has 1 spiro atoms. The molecule has 8 nitrogen and oxygen atoms in total. The minimum atomic E-state index is -1.16. The van der Waals surface area contributed by atoms with Gasteiger partial charge in [0.05, 0.1) is 37.2 Å². The number of hydrogen-bond donors (Lipinski definition) is 1. The summed E-state index contributed by atoms with van der Waals surface area (Å²) in [5.74, 6) is -2.74. The Hall–Kier alpha value is -3.23. The van der Waals surface area contributed by atoms with Crippen LogP contribution in [0.1, 0.15) is 40.0 Å². The quantitative estimate of drug-likeness (QED) is 0.369. The first kappa shape index (κ1) is 27.3. The van der Waals surface area contributed by atoms with Crippen LogP contribution in [0.5, 0.6) is 0 Å². The molecule has 0 aliphatic carbocycles. The van der Waals surface area contributed by atoms with E-state index >= 15 is 0 Å². The van der Waals surface area contributed by atoms with Crippen molar-refractivity contribution >= 4 is 34.2 Å². The largest absolute Gasteiger partial charge is 0.466 e. The SMILES string of the molecule is C=CCN(C(=O)[C@@H]1N([C@@H](CO)[C@@H](C)CC)C(=O)[C@H]2[C@H](C(=O)OCC)[C@@H]3CC[C@]12O3)c1ccc2ccccc2c1. The molecular weight excluding hydrogens is 496 g/mol. The Morgan fingerprint density at radius 3 is 2.67 bits per heavy atom. The smallest absolute Gasteiger partial charge is 0.312 e. The average molecular weight is 535 g/mol. The molecule has 0 unspecified atom stereocenters. The highest BCUT2D eigenvalue weighted by molar-refractivity contribution is 6.05. The van der Waals surface area contributed by atoms with E-state index in [0.29, 0.717) is 24.9 Å². The van der Waals surface area contributed by atoms with Crippen molar-refractivity contribution in [2.75, 3.05) is 24.7 Å². The van der Waals surface area contributed by atoms with Crippen LogP contribution in [0.4, 0.5) is 5.69 Å². The molecule has 3 aliphatic heterocycles. The number of ether oxygens (including phenoxy) is 2. The zero-order chi connectivity index (χ0) is 27.9. The summed E-state index contributed by atoms with van der Waals surface area (Å²) in [6, 6.07) is 12.2. The van der Waals surface area contributed by atoms with Crippen LogP contribution in [0.25, 0.3) is 10.8 Å². The normalized spacial score (nSPS) is 28.8. The van der Waals surface area contributed by atoms with Gasteiger partial charge in [0.2, 0.25) is 5.91 Å². The molecule has 2 amide bonds. The van der Waals surface area contributed by atoms with Crippen LogP contribution < -0.4 is 4.90 Å². The molecule has 3 heterocycles. The van der Waals surface area contributed by atoms with E-state index in [0.717, 1.165) is 10.8 Å². The fraction of sp³-hybridized carbons (Fsp3) is 0.516. The predicted octanol–water partition coefficient (Wildman–Crippen LogP) is 3.70. The van der Waals surface area contributed by atoms with E-state index in [1.807, 2.05) is 56.3 Å². The van der Waals surface area contributed by atoms with Gasteiger partial charge >= 0.3 is 5.97 Å². The Labute approximate surface area is 229 Å². The fourth-order valence-corrected chi connectivity index (χ4v) is 6.99. The number of anilines is 1. The lowest BCUT2D eigenvalue weighted by atomic mass is 9.70. The number of nitrogens with zero attached hydrogens (tertiary/aromatic N) is 2. The van der Waals surface area contributed by atoms with Crippen molar-refractivity contribution in [1.82, 2.24) is 4.90 Å². The molecule has 3 aliphatic rings. The molecule has 2 aromatic rings. The Kier molecular flexibility index (Phi) is 7.53. The molecule has 0 radical (unpaired) electrons. The summed E-state index contributed by atoms with van der Waals surface area (Å²) in [7, 11) is 0. The van der Waals surface area contributed by atoms with Crippen molar-refractivity contribution in [1.29, 1.82) is 0 Å². The van der Waals surface area contributed by atoms with Gasteiger partial charge in [0.15, 0.2) is 0 Å².